The lowest BCUT2D eigenvalue weighted by molar-refractivity contribution is -0.0167. The van der Waals surface area contributed by atoms with E-state index in [1.54, 1.807) is 19.9 Å². The minimum absolute atomic E-state index is 0.00806. The molecule has 0 aromatic heterocycles. The van der Waals surface area contributed by atoms with Crippen LogP contribution in [0.2, 0.25) is 5.04 Å². The molecule has 0 heterocycles. The van der Waals surface area contributed by atoms with Crippen molar-refractivity contribution in [2.45, 2.75) is 62.1 Å². The molecule has 0 radical (unpaired) electrons. The van der Waals surface area contributed by atoms with Crippen LogP contribution < -0.4 is 9.46 Å². The van der Waals surface area contributed by atoms with Gasteiger partial charge in [0.25, 0.3) is 0 Å². The molecule has 1 atom stereocenters. The van der Waals surface area contributed by atoms with Crippen LogP contribution in [0.5, 0.6) is 11.5 Å². The summed E-state index contributed by atoms with van der Waals surface area (Å²) in [5.74, 6) is 0.455. The first-order valence-electron chi connectivity index (χ1n) is 10.7. The molecule has 0 saturated carbocycles. The standard InChI is InChI=1S/C24H34FNO5SSi/c1-7-16-24(17-27,23(5,6)31-33-22(2,3)4)26-32(28,29)21-14-12-20(13-15-21)30-19-10-8-18(25)9-11-19/h7-15,26-27H,1,16-17,33H2,2-6H3. The number of ether oxygens (including phenoxy) is 1. The summed E-state index contributed by atoms with van der Waals surface area (Å²) in [5, 5.41) is 10.3. The van der Waals surface area contributed by atoms with Crippen molar-refractivity contribution in [2.24, 2.45) is 0 Å². The lowest BCUT2D eigenvalue weighted by atomic mass is 9.81. The van der Waals surface area contributed by atoms with Crippen LogP contribution in [0.3, 0.4) is 0 Å². The van der Waals surface area contributed by atoms with Crippen LogP contribution in [-0.2, 0) is 14.4 Å². The highest BCUT2D eigenvalue weighted by atomic mass is 32.2. The molecule has 9 heteroatoms. The van der Waals surface area contributed by atoms with Crippen molar-refractivity contribution in [1.29, 1.82) is 0 Å². The minimum atomic E-state index is -4.01. The zero-order chi connectivity index (χ0) is 24.9. The van der Waals surface area contributed by atoms with Crippen molar-refractivity contribution in [2.75, 3.05) is 6.61 Å². The summed E-state index contributed by atoms with van der Waals surface area (Å²) in [6.45, 7) is 13.1. The number of hydrogen-bond acceptors (Lipinski definition) is 5. The maximum absolute atomic E-state index is 13.3. The number of benzene rings is 2. The Morgan fingerprint density at radius 1 is 1.03 bits per heavy atom. The molecule has 2 aromatic rings. The Morgan fingerprint density at radius 2 is 1.55 bits per heavy atom. The van der Waals surface area contributed by atoms with Crippen LogP contribution in [-0.4, -0.2) is 41.0 Å². The van der Waals surface area contributed by atoms with Gasteiger partial charge in [0, 0.05) is 0 Å². The Balaban J connectivity index is 2.28. The zero-order valence-corrected chi connectivity index (χ0v) is 22.1. The van der Waals surface area contributed by atoms with Crippen molar-refractivity contribution in [1.82, 2.24) is 4.72 Å². The van der Waals surface area contributed by atoms with Gasteiger partial charge in [0.2, 0.25) is 10.0 Å². The van der Waals surface area contributed by atoms with Gasteiger partial charge in [-0.1, -0.05) is 26.8 Å². The van der Waals surface area contributed by atoms with Gasteiger partial charge in [0.05, 0.1) is 22.6 Å². The molecule has 33 heavy (non-hydrogen) atoms. The van der Waals surface area contributed by atoms with Crippen LogP contribution in [0.15, 0.2) is 66.1 Å². The molecule has 0 aliphatic carbocycles. The van der Waals surface area contributed by atoms with E-state index in [9.17, 15) is 17.9 Å². The summed E-state index contributed by atoms with van der Waals surface area (Å²) in [6.07, 6.45) is 1.75. The van der Waals surface area contributed by atoms with Crippen molar-refractivity contribution >= 4 is 19.8 Å². The first kappa shape index (κ1) is 27.2. The van der Waals surface area contributed by atoms with E-state index in [1.807, 2.05) is 0 Å². The fourth-order valence-corrected chi connectivity index (χ4v) is 5.71. The normalized spacial score (nSPS) is 14.9. The van der Waals surface area contributed by atoms with Gasteiger partial charge in [0.1, 0.15) is 17.3 Å². The van der Waals surface area contributed by atoms with E-state index in [2.05, 4.69) is 32.1 Å². The second kappa shape index (κ2) is 10.5. The molecular formula is C24H34FNO5SSi. The second-order valence-electron chi connectivity index (χ2n) is 9.73. The highest BCUT2D eigenvalue weighted by molar-refractivity contribution is 7.89. The maximum atomic E-state index is 13.3. The third-order valence-corrected chi connectivity index (χ3v) is 8.58. The number of halogens is 1. The summed E-state index contributed by atoms with van der Waals surface area (Å²) in [7, 11) is -5.05. The molecule has 2 rings (SSSR count). The Labute approximate surface area is 198 Å². The SMILES string of the molecule is C=CCC(CO)(NS(=O)(=O)c1ccc(Oc2ccc(F)cc2)cc1)C(C)(C)O[SiH2]C(C)(C)C. The number of hydrogen-bond donors (Lipinski definition) is 2. The van der Waals surface area contributed by atoms with E-state index in [1.165, 1.54) is 48.5 Å². The van der Waals surface area contributed by atoms with Crippen LogP contribution in [0.25, 0.3) is 0 Å². The predicted octanol–water partition coefficient (Wildman–Crippen LogP) is 4.30. The second-order valence-corrected chi connectivity index (χ2v) is 14.1. The quantitative estimate of drug-likeness (QED) is 0.359. The fraction of sp³-hybridized carbons (Fsp3) is 0.417. The first-order chi connectivity index (χ1) is 15.2. The van der Waals surface area contributed by atoms with Crippen molar-refractivity contribution < 1.29 is 27.1 Å². The largest absolute Gasteiger partial charge is 0.457 e. The molecule has 0 saturated heterocycles. The molecule has 0 bridgehead atoms. The number of aliphatic hydroxyl groups is 1. The summed E-state index contributed by atoms with van der Waals surface area (Å²) in [6, 6.07) is 11.4. The first-order valence-corrected chi connectivity index (χ1v) is 13.4. The number of nitrogens with one attached hydrogen (secondary N) is 1. The molecular weight excluding hydrogens is 461 g/mol. The van der Waals surface area contributed by atoms with Gasteiger partial charge in [0.15, 0.2) is 9.76 Å². The molecule has 0 spiro atoms. The van der Waals surface area contributed by atoms with E-state index in [-0.39, 0.29) is 22.2 Å². The third kappa shape index (κ3) is 7.22. The van der Waals surface area contributed by atoms with Crippen LogP contribution in [0.1, 0.15) is 41.0 Å². The van der Waals surface area contributed by atoms with Crippen LogP contribution in [0.4, 0.5) is 4.39 Å². The number of rotatable bonds is 11. The van der Waals surface area contributed by atoms with Gasteiger partial charge >= 0.3 is 0 Å². The van der Waals surface area contributed by atoms with Gasteiger partial charge in [-0.2, -0.15) is 4.72 Å². The maximum Gasteiger partial charge on any atom is 0.241 e. The van der Waals surface area contributed by atoms with E-state index in [4.69, 9.17) is 9.16 Å². The highest BCUT2D eigenvalue weighted by Gasteiger charge is 2.48. The predicted molar refractivity (Wildman–Crippen MR) is 131 cm³/mol. The van der Waals surface area contributed by atoms with E-state index in [0.717, 1.165) is 0 Å². The molecule has 1 unspecified atom stereocenters. The number of aliphatic hydroxyl groups excluding tert-OH is 1. The Morgan fingerprint density at radius 3 is 2.00 bits per heavy atom. The Hall–Kier alpha value is -2.04. The third-order valence-electron chi connectivity index (χ3n) is 5.29. The summed E-state index contributed by atoms with van der Waals surface area (Å²) in [4.78, 5) is 0.0136. The fourth-order valence-electron chi connectivity index (χ4n) is 3.12. The topological polar surface area (TPSA) is 84.9 Å². The lowest BCUT2D eigenvalue weighted by Gasteiger charge is -2.46. The molecule has 182 valence electrons. The van der Waals surface area contributed by atoms with Crippen molar-refractivity contribution in [3.05, 3.63) is 67.0 Å². The van der Waals surface area contributed by atoms with E-state index < -0.39 is 37.5 Å². The lowest BCUT2D eigenvalue weighted by Crippen LogP contribution is -2.65. The van der Waals surface area contributed by atoms with Crippen LogP contribution in [0, 0.1) is 5.82 Å². The highest BCUT2D eigenvalue weighted by Crippen LogP contribution is 2.34. The van der Waals surface area contributed by atoms with Gasteiger partial charge in [-0.3, -0.25) is 0 Å². The van der Waals surface area contributed by atoms with Gasteiger partial charge < -0.3 is 14.3 Å². The van der Waals surface area contributed by atoms with Crippen molar-refractivity contribution in [3.8, 4) is 11.5 Å². The molecule has 0 amide bonds. The number of sulfonamides is 1. The van der Waals surface area contributed by atoms with E-state index in [0.29, 0.717) is 11.5 Å². The minimum Gasteiger partial charge on any atom is -0.457 e. The zero-order valence-electron chi connectivity index (χ0n) is 19.9. The smallest absolute Gasteiger partial charge is 0.241 e. The van der Waals surface area contributed by atoms with Crippen LogP contribution >= 0.6 is 0 Å². The molecule has 0 aliphatic rings. The molecule has 6 nitrogen and oxygen atoms in total. The molecule has 2 aromatic carbocycles. The van der Waals surface area contributed by atoms with E-state index >= 15 is 0 Å². The monoisotopic (exact) mass is 495 g/mol. The summed E-state index contributed by atoms with van der Waals surface area (Å²) < 4.78 is 54.1. The molecule has 2 N–H and O–H groups in total. The van der Waals surface area contributed by atoms with Gasteiger partial charge in [-0.15, -0.1) is 6.58 Å². The summed E-state index contributed by atoms with van der Waals surface area (Å²) in [5.41, 5.74) is -2.27. The van der Waals surface area contributed by atoms with Gasteiger partial charge in [-0.25, -0.2) is 12.8 Å². The Kier molecular flexibility index (Phi) is 8.64. The summed E-state index contributed by atoms with van der Waals surface area (Å²) >= 11 is 0. The average Bonchev–Trinajstić information content (AvgIpc) is 2.73. The molecule has 0 aliphatic heterocycles. The Bertz CT molecular complexity index is 1030. The molecule has 0 fully saturated rings. The average molecular weight is 496 g/mol. The van der Waals surface area contributed by atoms with Gasteiger partial charge in [-0.05, 0) is 73.8 Å². The van der Waals surface area contributed by atoms with Crippen molar-refractivity contribution in [3.63, 3.8) is 0 Å².